The summed E-state index contributed by atoms with van der Waals surface area (Å²) in [6.45, 7) is 9.61. The van der Waals surface area contributed by atoms with Crippen LogP contribution in [0, 0.1) is 13.8 Å². The Morgan fingerprint density at radius 2 is 2.00 bits per heavy atom. The van der Waals surface area contributed by atoms with Crippen molar-refractivity contribution in [2.75, 3.05) is 18.8 Å². The van der Waals surface area contributed by atoms with E-state index in [0.717, 1.165) is 0 Å². The van der Waals surface area contributed by atoms with E-state index in [0.29, 0.717) is 34.8 Å². The maximum atomic E-state index is 12.6. The van der Waals surface area contributed by atoms with Gasteiger partial charge in [-0.15, -0.1) is 6.58 Å². The third-order valence-electron chi connectivity index (χ3n) is 2.93. The molecule has 0 amide bonds. The lowest BCUT2D eigenvalue weighted by atomic mass is 10.1. The first-order valence-electron chi connectivity index (χ1n) is 5.83. The molecule has 0 unspecified atom stereocenters. The highest BCUT2D eigenvalue weighted by Gasteiger charge is 2.26. The van der Waals surface area contributed by atoms with Gasteiger partial charge in [0, 0.05) is 18.8 Å². The number of hydrogen-bond donors (Lipinski definition) is 1. The van der Waals surface area contributed by atoms with Crippen LogP contribution in [-0.2, 0) is 10.0 Å². The van der Waals surface area contributed by atoms with Gasteiger partial charge in [-0.25, -0.2) is 8.42 Å². The van der Waals surface area contributed by atoms with Crippen LogP contribution in [0.3, 0.4) is 0 Å². The molecule has 1 aromatic rings. The van der Waals surface area contributed by atoms with Crippen LogP contribution in [0.4, 0.5) is 5.69 Å². The molecule has 0 spiro atoms. The highest BCUT2D eigenvalue weighted by molar-refractivity contribution is 7.89. The zero-order valence-corrected chi connectivity index (χ0v) is 11.9. The van der Waals surface area contributed by atoms with Crippen molar-refractivity contribution in [1.29, 1.82) is 0 Å². The van der Waals surface area contributed by atoms with Gasteiger partial charge >= 0.3 is 0 Å². The minimum Gasteiger partial charge on any atom is -0.398 e. The van der Waals surface area contributed by atoms with Gasteiger partial charge in [-0.1, -0.05) is 19.1 Å². The monoisotopic (exact) mass is 268 g/mol. The number of hydrogen-bond acceptors (Lipinski definition) is 3. The van der Waals surface area contributed by atoms with E-state index in [2.05, 4.69) is 6.58 Å². The highest BCUT2D eigenvalue weighted by atomic mass is 32.2. The number of rotatable bonds is 5. The number of sulfonamides is 1. The van der Waals surface area contributed by atoms with Gasteiger partial charge < -0.3 is 5.73 Å². The Morgan fingerprint density at radius 1 is 1.39 bits per heavy atom. The predicted molar refractivity (Wildman–Crippen MR) is 75.0 cm³/mol. The molecule has 0 radical (unpaired) electrons. The second-order valence-electron chi connectivity index (χ2n) is 4.17. The van der Waals surface area contributed by atoms with Gasteiger partial charge in [-0.2, -0.15) is 4.31 Å². The van der Waals surface area contributed by atoms with Gasteiger partial charge in [-0.05, 0) is 31.0 Å². The number of benzene rings is 1. The Hall–Kier alpha value is -1.33. The fourth-order valence-corrected chi connectivity index (χ4v) is 3.79. The quantitative estimate of drug-likeness (QED) is 0.657. The zero-order valence-electron chi connectivity index (χ0n) is 11.1. The summed E-state index contributed by atoms with van der Waals surface area (Å²) in [5.74, 6) is 0. The first-order valence-corrected chi connectivity index (χ1v) is 7.27. The number of nitrogen functional groups attached to an aromatic ring is 1. The minimum absolute atomic E-state index is 0.298. The van der Waals surface area contributed by atoms with Gasteiger partial charge in [0.2, 0.25) is 10.0 Å². The number of aryl methyl sites for hydroxylation is 1. The minimum atomic E-state index is -3.52. The summed E-state index contributed by atoms with van der Waals surface area (Å²) in [6, 6.07) is 3.46. The molecule has 100 valence electrons. The van der Waals surface area contributed by atoms with Crippen LogP contribution in [-0.4, -0.2) is 25.8 Å². The smallest absolute Gasteiger partial charge is 0.243 e. The Balaban J connectivity index is 3.45. The molecule has 0 atom stereocenters. The summed E-state index contributed by atoms with van der Waals surface area (Å²) in [6.07, 6.45) is 1.58. The largest absolute Gasteiger partial charge is 0.398 e. The number of nitrogens with zero attached hydrogens (tertiary/aromatic N) is 1. The van der Waals surface area contributed by atoms with E-state index in [9.17, 15) is 8.42 Å². The standard InChI is InChI=1S/C13H20N2O2S/c1-5-9-15(6-2)18(16,17)13-10(3)7-8-12(14)11(13)4/h5,7-8H,1,6,9,14H2,2-4H3. The SMILES string of the molecule is C=CCN(CC)S(=O)(=O)c1c(C)ccc(N)c1C. The Kier molecular flexibility index (Phi) is 4.53. The second-order valence-corrected chi connectivity index (χ2v) is 6.04. The predicted octanol–water partition coefficient (Wildman–Crippen LogP) is 2.08. The molecule has 0 aromatic heterocycles. The van der Waals surface area contributed by atoms with E-state index in [1.54, 1.807) is 39.0 Å². The Labute approximate surface area is 109 Å². The van der Waals surface area contributed by atoms with Gasteiger partial charge in [0.15, 0.2) is 0 Å². The van der Waals surface area contributed by atoms with Crippen molar-refractivity contribution < 1.29 is 8.42 Å². The van der Waals surface area contributed by atoms with Crippen molar-refractivity contribution >= 4 is 15.7 Å². The number of likely N-dealkylation sites (N-methyl/N-ethyl adjacent to an activating group) is 1. The summed E-state index contributed by atoms with van der Waals surface area (Å²) in [5.41, 5.74) is 7.61. The molecule has 1 aromatic carbocycles. The third-order valence-corrected chi connectivity index (χ3v) is 5.16. The van der Waals surface area contributed by atoms with E-state index in [4.69, 9.17) is 5.73 Å². The van der Waals surface area contributed by atoms with E-state index in [1.807, 2.05) is 0 Å². The van der Waals surface area contributed by atoms with E-state index in [-0.39, 0.29) is 0 Å². The maximum Gasteiger partial charge on any atom is 0.243 e. The van der Waals surface area contributed by atoms with Crippen LogP contribution in [0.1, 0.15) is 18.1 Å². The fourth-order valence-electron chi connectivity index (χ4n) is 1.91. The van der Waals surface area contributed by atoms with Crippen molar-refractivity contribution in [3.8, 4) is 0 Å². The molecular weight excluding hydrogens is 248 g/mol. The van der Waals surface area contributed by atoms with Crippen LogP contribution >= 0.6 is 0 Å². The third kappa shape index (κ3) is 2.57. The van der Waals surface area contributed by atoms with Gasteiger partial charge in [0.05, 0.1) is 4.90 Å². The van der Waals surface area contributed by atoms with Crippen molar-refractivity contribution in [1.82, 2.24) is 4.31 Å². The topological polar surface area (TPSA) is 63.4 Å². The van der Waals surface area contributed by atoms with Crippen molar-refractivity contribution in [3.05, 3.63) is 35.9 Å². The van der Waals surface area contributed by atoms with Crippen LogP contribution < -0.4 is 5.73 Å². The van der Waals surface area contributed by atoms with Crippen molar-refractivity contribution in [2.45, 2.75) is 25.7 Å². The molecule has 0 aliphatic heterocycles. The van der Waals surface area contributed by atoms with E-state index < -0.39 is 10.0 Å². The van der Waals surface area contributed by atoms with Crippen LogP contribution in [0.15, 0.2) is 29.7 Å². The molecule has 0 aliphatic carbocycles. The molecule has 0 aliphatic rings. The van der Waals surface area contributed by atoms with E-state index in [1.165, 1.54) is 4.31 Å². The zero-order chi connectivity index (χ0) is 13.9. The average Bonchev–Trinajstić information content (AvgIpc) is 2.30. The molecule has 0 saturated carbocycles. The molecule has 4 nitrogen and oxygen atoms in total. The van der Waals surface area contributed by atoms with Gasteiger partial charge in [0.25, 0.3) is 0 Å². The van der Waals surface area contributed by atoms with Gasteiger partial charge in [0.1, 0.15) is 0 Å². The molecule has 0 heterocycles. The second kappa shape index (κ2) is 5.54. The van der Waals surface area contributed by atoms with Crippen molar-refractivity contribution in [2.24, 2.45) is 0 Å². The molecule has 0 saturated heterocycles. The molecule has 18 heavy (non-hydrogen) atoms. The summed E-state index contributed by atoms with van der Waals surface area (Å²) < 4.78 is 26.5. The molecule has 1 rings (SSSR count). The molecule has 5 heteroatoms. The summed E-state index contributed by atoms with van der Waals surface area (Å²) in [4.78, 5) is 0.311. The summed E-state index contributed by atoms with van der Waals surface area (Å²) in [5, 5.41) is 0. The Bertz CT molecular complexity index is 550. The molecule has 0 fully saturated rings. The first kappa shape index (κ1) is 14.7. The Morgan fingerprint density at radius 3 is 2.50 bits per heavy atom. The lowest BCUT2D eigenvalue weighted by Crippen LogP contribution is -2.32. The molecule has 0 bridgehead atoms. The van der Waals surface area contributed by atoms with Crippen LogP contribution in [0.5, 0.6) is 0 Å². The molecular formula is C13H20N2O2S. The average molecular weight is 268 g/mol. The maximum absolute atomic E-state index is 12.6. The number of nitrogens with two attached hydrogens (primary N) is 1. The van der Waals surface area contributed by atoms with E-state index >= 15 is 0 Å². The van der Waals surface area contributed by atoms with Crippen molar-refractivity contribution in [3.63, 3.8) is 0 Å². The lowest BCUT2D eigenvalue weighted by Gasteiger charge is -2.22. The summed E-state index contributed by atoms with van der Waals surface area (Å²) >= 11 is 0. The van der Waals surface area contributed by atoms with Crippen LogP contribution in [0.25, 0.3) is 0 Å². The first-order chi connectivity index (χ1) is 8.36. The normalized spacial score (nSPS) is 11.8. The number of anilines is 1. The van der Waals surface area contributed by atoms with Gasteiger partial charge in [-0.3, -0.25) is 0 Å². The summed E-state index contributed by atoms with van der Waals surface area (Å²) in [7, 11) is -3.52. The highest BCUT2D eigenvalue weighted by Crippen LogP contribution is 2.27. The molecule has 2 N–H and O–H groups in total. The lowest BCUT2D eigenvalue weighted by molar-refractivity contribution is 0.459. The van der Waals surface area contributed by atoms with Crippen LogP contribution in [0.2, 0.25) is 0 Å². The fraction of sp³-hybridized carbons (Fsp3) is 0.385.